The van der Waals surface area contributed by atoms with E-state index in [1.807, 2.05) is 32.0 Å². The van der Waals surface area contributed by atoms with E-state index in [2.05, 4.69) is 27.6 Å². The Kier molecular flexibility index (Phi) is 6.31. The van der Waals surface area contributed by atoms with E-state index in [4.69, 9.17) is 14.4 Å². The number of aryl methyl sites for hydroxylation is 1. The molecule has 7 heteroatoms. The van der Waals surface area contributed by atoms with E-state index in [9.17, 15) is 5.26 Å². The number of aromatic nitrogens is 2. The van der Waals surface area contributed by atoms with Gasteiger partial charge < -0.3 is 19.7 Å². The van der Waals surface area contributed by atoms with E-state index in [-0.39, 0.29) is 12.2 Å². The van der Waals surface area contributed by atoms with Crippen LogP contribution in [0, 0.1) is 11.3 Å². The Labute approximate surface area is 181 Å². The van der Waals surface area contributed by atoms with Gasteiger partial charge in [-0.3, -0.25) is 0 Å². The van der Waals surface area contributed by atoms with Gasteiger partial charge in [-0.05, 0) is 62.4 Å². The lowest BCUT2D eigenvalue weighted by atomic mass is 10.0. The molecule has 0 atom stereocenters. The molecule has 0 bridgehead atoms. The maximum Gasteiger partial charge on any atom is 0.258 e. The molecule has 3 aromatic rings. The van der Waals surface area contributed by atoms with Crippen LogP contribution in [0.4, 0.5) is 0 Å². The predicted molar refractivity (Wildman–Crippen MR) is 117 cm³/mol. The summed E-state index contributed by atoms with van der Waals surface area (Å²) >= 11 is 0. The Morgan fingerprint density at radius 1 is 1.23 bits per heavy atom. The number of benzene rings is 2. The first-order chi connectivity index (χ1) is 15.0. The summed E-state index contributed by atoms with van der Waals surface area (Å²) < 4.78 is 11.1. The second-order valence-electron chi connectivity index (χ2n) is 8.02. The number of nitrogens with one attached hydrogen (secondary N) is 1. The van der Waals surface area contributed by atoms with Crippen LogP contribution in [0.1, 0.15) is 37.0 Å². The van der Waals surface area contributed by atoms with Gasteiger partial charge >= 0.3 is 0 Å². The third-order valence-corrected chi connectivity index (χ3v) is 5.28. The number of β-amino-alcohol motifs (C(OH)–C–C–N with tert-alkyl or cyclic N) is 1. The van der Waals surface area contributed by atoms with Gasteiger partial charge in [-0.2, -0.15) is 10.2 Å². The number of nitrogens with zero attached hydrogens (tertiary/aromatic N) is 3. The van der Waals surface area contributed by atoms with E-state index in [1.165, 1.54) is 17.5 Å². The van der Waals surface area contributed by atoms with Crippen molar-refractivity contribution in [1.82, 2.24) is 15.5 Å². The van der Waals surface area contributed by atoms with Gasteiger partial charge in [0, 0.05) is 24.2 Å². The lowest BCUT2D eigenvalue weighted by Gasteiger charge is -2.20. The van der Waals surface area contributed by atoms with Crippen LogP contribution in [0.25, 0.3) is 22.8 Å². The lowest BCUT2D eigenvalue weighted by Crippen LogP contribution is -2.46. The molecule has 160 valence electrons. The summed E-state index contributed by atoms with van der Waals surface area (Å²) in [7, 11) is 0. The second kappa shape index (κ2) is 9.29. The topological polar surface area (TPSA) is 104 Å². The van der Waals surface area contributed by atoms with Crippen molar-refractivity contribution in [2.24, 2.45) is 0 Å². The molecule has 2 heterocycles. The van der Waals surface area contributed by atoms with Gasteiger partial charge in [0.1, 0.15) is 11.8 Å². The lowest BCUT2D eigenvalue weighted by molar-refractivity contribution is 0.117. The Hall–Kier alpha value is -3.21. The zero-order valence-corrected chi connectivity index (χ0v) is 17.8. The normalized spacial score (nSPS) is 14.9. The van der Waals surface area contributed by atoms with Gasteiger partial charge in [0.05, 0.1) is 17.8 Å². The molecular weight excluding hydrogens is 392 g/mol. The number of fused-ring (bicyclic) bond motifs is 1. The minimum absolute atomic E-state index is 0.00290. The van der Waals surface area contributed by atoms with Crippen molar-refractivity contribution in [3.8, 4) is 34.7 Å². The number of aliphatic hydroxyl groups excluding tert-OH is 1. The van der Waals surface area contributed by atoms with Crippen LogP contribution in [0.2, 0.25) is 0 Å². The summed E-state index contributed by atoms with van der Waals surface area (Å²) in [5.74, 6) is 1.56. The molecule has 1 aliphatic carbocycles. The molecule has 2 aliphatic rings. The maximum atomic E-state index is 9.40. The van der Waals surface area contributed by atoms with Gasteiger partial charge in [0.2, 0.25) is 5.82 Å². The van der Waals surface area contributed by atoms with Crippen LogP contribution >= 0.6 is 0 Å². The van der Waals surface area contributed by atoms with Crippen molar-refractivity contribution in [2.45, 2.75) is 45.3 Å². The second-order valence-corrected chi connectivity index (χ2v) is 8.02. The largest absolute Gasteiger partial charge is 0.490 e. The minimum Gasteiger partial charge on any atom is -0.490 e. The fourth-order valence-corrected chi connectivity index (χ4v) is 3.66. The highest BCUT2D eigenvalue weighted by atomic mass is 16.5. The van der Waals surface area contributed by atoms with Gasteiger partial charge in [-0.1, -0.05) is 23.4 Å². The van der Waals surface area contributed by atoms with Crippen molar-refractivity contribution in [3.63, 3.8) is 0 Å². The monoisotopic (exact) mass is 418 g/mol. The predicted octanol–water partition coefficient (Wildman–Crippen LogP) is 3.50. The Morgan fingerprint density at radius 2 is 2.03 bits per heavy atom. The van der Waals surface area contributed by atoms with Crippen molar-refractivity contribution >= 4 is 0 Å². The third kappa shape index (κ3) is 4.76. The third-order valence-electron chi connectivity index (χ3n) is 5.28. The van der Waals surface area contributed by atoms with Crippen molar-refractivity contribution < 1.29 is 14.4 Å². The van der Waals surface area contributed by atoms with Crippen molar-refractivity contribution in [1.29, 1.82) is 5.26 Å². The van der Waals surface area contributed by atoms with Crippen LogP contribution in [0.3, 0.4) is 0 Å². The quantitative estimate of drug-likeness (QED) is 0.668. The molecule has 2 N–H and O–H groups in total. The SMILES string of the molecule is CC(C)Oc1ccc(-c2nc(-c3cccc4c3CCC4)no2)cc1C#N.OC1CNC1. The molecule has 7 nitrogen and oxygen atoms in total. The number of rotatable bonds is 4. The molecule has 2 aromatic carbocycles. The molecule has 1 fully saturated rings. The number of hydrogen-bond acceptors (Lipinski definition) is 7. The highest BCUT2D eigenvalue weighted by Gasteiger charge is 2.20. The molecule has 1 aliphatic heterocycles. The van der Waals surface area contributed by atoms with Crippen LogP contribution in [0.5, 0.6) is 5.75 Å². The van der Waals surface area contributed by atoms with Crippen LogP contribution in [-0.2, 0) is 12.8 Å². The molecule has 0 radical (unpaired) electrons. The average molecular weight is 418 g/mol. The first-order valence-electron chi connectivity index (χ1n) is 10.6. The number of nitriles is 1. The van der Waals surface area contributed by atoms with Crippen LogP contribution in [0.15, 0.2) is 40.9 Å². The van der Waals surface area contributed by atoms with E-state index in [1.54, 1.807) is 12.1 Å². The summed E-state index contributed by atoms with van der Waals surface area (Å²) in [6.07, 6.45) is 3.28. The van der Waals surface area contributed by atoms with Crippen LogP contribution in [-0.4, -0.2) is 40.5 Å². The Morgan fingerprint density at radius 3 is 2.71 bits per heavy atom. The zero-order valence-electron chi connectivity index (χ0n) is 17.8. The molecule has 1 aromatic heterocycles. The molecule has 0 unspecified atom stereocenters. The van der Waals surface area contributed by atoms with Gasteiger partial charge in [0.15, 0.2) is 0 Å². The van der Waals surface area contributed by atoms with E-state index >= 15 is 0 Å². The molecule has 5 rings (SSSR count). The van der Waals surface area contributed by atoms with E-state index in [0.717, 1.165) is 31.5 Å². The molecule has 0 amide bonds. The first-order valence-corrected chi connectivity index (χ1v) is 10.6. The highest BCUT2D eigenvalue weighted by molar-refractivity contribution is 5.66. The van der Waals surface area contributed by atoms with Gasteiger partial charge in [-0.15, -0.1) is 0 Å². The maximum absolute atomic E-state index is 9.40. The van der Waals surface area contributed by atoms with Gasteiger partial charge in [-0.25, -0.2) is 0 Å². The molecular formula is C24H26N4O3. The summed E-state index contributed by atoms with van der Waals surface area (Å²) in [5, 5.41) is 24.9. The molecule has 31 heavy (non-hydrogen) atoms. The zero-order chi connectivity index (χ0) is 21.8. The number of hydrogen-bond donors (Lipinski definition) is 2. The Bertz CT molecular complexity index is 1100. The van der Waals surface area contributed by atoms with Crippen molar-refractivity contribution in [3.05, 3.63) is 53.1 Å². The summed E-state index contributed by atoms with van der Waals surface area (Å²) in [4.78, 5) is 4.57. The van der Waals surface area contributed by atoms with Crippen LogP contribution < -0.4 is 10.1 Å². The average Bonchev–Trinajstić information content (AvgIpc) is 3.42. The molecule has 0 spiro atoms. The fourth-order valence-electron chi connectivity index (χ4n) is 3.66. The smallest absolute Gasteiger partial charge is 0.258 e. The molecule has 1 saturated heterocycles. The Balaban J connectivity index is 0.000000407. The van der Waals surface area contributed by atoms with Crippen molar-refractivity contribution in [2.75, 3.05) is 13.1 Å². The fraction of sp³-hybridized carbons (Fsp3) is 0.375. The molecule has 0 saturated carbocycles. The minimum atomic E-state index is -0.0463. The van der Waals surface area contributed by atoms with Gasteiger partial charge in [0.25, 0.3) is 5.89 Å². The summed E-state index contributed by atoms with van der Waals surface area (Å²) in [5.41, 5.74) is 4.89. The van der Waals surface area contributed by atoms with E-state index < -0.39 is 0 Å². The summed E-state index contributed by atoms with van der Waals surface area (Å²) in [6.45, 7) is 5.44. The number of aliphatic hydroxyl groups is 1. The standard InChI is InChI=1S/C21H19N3O2.C3H7NO/c1-13(2)25-19-10-9-15(11-16(19)12-22)21-23-20(24-26-21)18-8-4-6-14-5-3-7-17(14)18;5-3-1-4-2-3/h4,6,8-11,13H,3,5,7H2,1-2H3;3-5H,1-2H2. The van der Waals surface area contributed by atoms with E-state index in [0.29, 0.717) is 28.6 Å². The first kappa shape index (κ1) is 21.0. The number of ether oxygens (including phenoxy) is 1. The highest BCUT2D eigenvalue weighted by Crippen LogP contribution is 2.32. The summed E-state index contributed by atoms with van der Waals surface area (Å²) in [6, 6.07) is 13.8.